The zero-order valence-corrected chi connectivity index (χ0v) is 32.3. The molecule has 0 fully saturated rings. The molecule has 8 aromatic carbocycles. The number of benzene rings is 8. The van der Waals surface area contributed by atoms with Crippen LogP contribution in [-0.2, 0) is 5.41 Å². The van der Waals surface area contributed by atoms with E-state index >= 15 is 0 Å². The Labute approximate surface area is 347 Å². The average Bonchev–Trinajstić information content (AvgIpc) is 3.62. The first-order chi connectivity index (χ1) is 29.7. The molecule has 0 unspecified atom stereocenters. The Bertz CT molecular complexity index is 3180. The number of hydrogen-bond donors (Lipinski definition) is 0. The lowest BCUT2D eigenvalue weighted by Crippen LogP contribution is -2.32. The molecule has 60 heavy (non-hydrogen) atoms. The number of pyridine rings is 1. The quantitative estimate of drug-likeness (QED) is 0.175. The normalized spacial score (nSPS) is 12.9. The van der Waals surface area contributed by atoms with Gasteiger partial charge < -0.3 is 4.74 Å². The van der Waals surface area contributed by atoms with Crippen molar-refractivity contribution < 1.29 is 4.74 Å². The highest BCUT2D eigenvalue weighted by atomic mass is 16.5. The van der Waals surface area contributed by atoms with Crippen LogP contribution >= 0.6 is 0 Å². The molecule has 0 saturated carbocycles. The minimum absolute atomic E-state index is 0.599. The minimum atomic E-state index is -0.685. The monoisotopic (exact) mass is 766 g/mol. The molecule has 1 spiro atoms. The predicted octanol–water partition coefficient (Wildman–Crippen LogP) is 13.2. The molecule has 1 aliphatic heterocycles. The van der Waals surface area contributed by atoms with Gasteiger partial charge in [0.25, 0.3) is 0 Å². The van der Waals surface area contributed by atoms with Crippen molar-refractivity contribution in [1.82, 2.24) is 19.9 Å². The first-order valence-electron chi connectivity index (χ1n) is 20.2. The van der Waals surface area contributed by atoms with Crippen molar-refractivity contribution in [3.63, 3.8) is 0 Å². The summed E-state index contributed by atoms with van der Waals surface area (Å²) in [4.78, 5) is 19.8. The van der Waals surface area contributed by atoms with Crippen LogP contribution in [0.3, 0.4) is 0 Å². The molecule has 0 radical (unpaired) electrons. The van der Waals surface area contributed by atoms with Gasteiger partial charge in [0.05, 0.1) is 10.9 Å². The second kappa shape index (κ2) is 13.5. The van der Waals surface area contributed by atoms with Crippen molar-refractivity contribution in [3.05, 3.63) is 229 Å². The number of hydrogen-bond acceptors (Lipinski definition) is 5. The van der Waals surface area contributed by atoms with Crippen molar-refractivity contribution >= 4 is 10.9 Å². The van der Waals surface area contributed by atoms with Crippen LogP contribution in [0, 0.1) is 0 Å². The van der Waals surface area contributed by atoms with Gasteiger partial charge in [0.2, 0.25) is 0 Å². The van der Waals surface area contributed by atoms with Gasteiger partial charge in [-0.15, -0.1) is 0 Å². The molecule has 0 atom stereocenters. The van der Waals surface area contributed by atoms with Crippen LogP contribution in [0.1, 0.15) is 22.3 Å². The number of ether oxygens (including phenoxy) is 1. The fraction of sp³-hybridized carbons (Fsp3) is 0.0182. The first-order valence-corrected chi connectivity index (χ1v) is 20.2. The summed E-state index contributed by atoms with van der Waals surface area (Å²) in [7, 11) is 0. The van der Waals surface area contributed by atoms with E-state index in [1.807, 2.05) is 72.9 Å². The van der Waals surface area contributed by atoms with E-state index in [2.05, 4.69) is 138 Å². The number of fused-ring (bicyclic) bond motifs is 10. The lowest BCUT2D eigenvalue weighted by Gasteiger charge is -2.40. The summed E-state index contributed by atoms with van der Waals surface area (Å²) in [6.45, 7) is 0. The van der Waals surface area contributed by atoms with Gasteiger partial charge in [0, 0.05) is 39.4 Å². The molecule has 2 aromatic heterocycles. The fourth-order valence-corrected chi connectivity index (χ4v) is 9.36. The maximum absolute atomic E-state index is 6.92. The number of aromatic nitrogens is 4. The van der Waals surface area contributed by atoms with E-state index in [-0.39, 0.29) is 0 Å². The Kier molecular flexibility index (Phi) is 7.69. The van der Waals surface area contributed by atoms with Crippen LogP contribution < -0.4 is 4.74 Å². The van der Waals surface area contributed by atoms with Gasteiger partial charge in [-0.3, -0.25) is 4.98 Å². The van der Waals surface area contributed by atoms with E-state index in [1.165, 1.54) is 27.8 Å². The lowest BCUT2D eigenvalue weighted by atomic mass is 9.65. The molecule has 0 amide bonds. The van der Waals surface area contributed by atoms with Gasteiger partial charge in [-0.05, 0) is 87.0 Å². The van der Waals surface area contributed by atoms with E-state index in [1.54, 1.807) is 0 Å². The Morgan fingerprint density at radius 3 is 1.47 bits per heavy atom. The van der Waals surface area contributed by atoms with Crippen LogP contribution in [0.2, 0.25) is 0 Å². The van der Waals surface area contributed by atoms with E-state index < -0.39 is 5.41 Å². The van der Waals surface area contributed by atoms with Crippen LogP contribution in [-0.4, -0.2) is 19.9 Å². The average molecular weight is 767 g/mol. The molecular weight excluding hydrogens is 733 g/mol. The zero-order valence-electron chi connectivity index (χ0n) is 32.3. The van der Waals surface area contributed by atoms with Crippen molar-refractivity contribution in [1.29, 1.82) is 0 Å². The van der Waals surface area contributed by atoms with Crippen molar-refractivity contribution in [2.24, 2.45) is 0 Å². The standard InChI is InChI=1S/C55H34N4O/c1-3-13-37(14-4-1)52-57-53(38-15-5-2-6-16-38)59-54(58-52)40-29-31-51-48(34-40)55(45-21-9-7-17-42(45)43-18-8-10-22-46(43)55)47-33-39(28-30-50(47)60-51)35-24-26-36(27-25-35)41-19-11-23-49-44(41)20-12-32-56-49/h1-34H. The molecule has 10 aromatic rings. The summed E-state index contributed by atoms with van der Waals surface area (Å²) in [5.74, 6) is 3.49. The molecular formula is C55H34N4O. The summed E-state index contributed by atoms with van der Waals surface area (Å²) < 4.78 is 6.92. The maximum atomic E-state index is 6.92. The SMILES string of the molecule is c1ccc(-c2nc(-c3ccccc3)nc(-c3ccc4c(c3)C3(c5cc(-c6ccc(-c7cccc8ncccc78)cc6)ccc5O4)c4ccccc4-c4ccccc43)n2)cc1. The van der Waals surface area contributed by atoms with E-state index in [0.717, 1.165) is 66.9 Å². The van der Waals surface area contributed by atoms with Crippen LogP contribution in [0.25, 0.3) is 78.4 Å². The Balaban J connectivity index is 1.05. The second-order valence-electron chi connectivity index (χ2n) is 15.4. The summed E-state index contributed by atoms with van der Waals surface area (Å²) in [6.07, 6.45) is 1.85. The highest BCUT2D eigenvalue weighted by Gasteiger charge is 2.51. The second-order valence-corrected chi connectivity index (χ2v) is 15.4. The Morgan fingerprint density at radius 1 is 0.333 bits per heavy atom. The maximum Gasteiger partial charge on any atom is 0.164 e. The molecule has 12 rings (SSSR count). The Morgan fingerprint density at radius 2 is 0.833 bits per heavy atom. The molecule has 5 nitrogen and oxygen atoms in total. The molecule has 280 valence electrons. The lowest BCUT2D eigenvalue weighted by molar-refractivity contribution is 0.436. The van der Waals surface area contributed by atoms with E-state index in [0.29, 0.717) is 17.5 Å². The third kappa shape index (κ3) is 5.26. The molecule has 0 N–H and O–H groups in total. The van der Waals surface area contributed by atoms with Crippen LogP contribution in [0.4, 0.5) is 0 Å². The largest absolute Gasteiger partial charge is 0.457 e. The van der Waals surface area contributed by atoms with E-state index in [9.17, 15) is 0 Å². The summed E-state index contributed by atoms with van der Waals surface area (Å²) >= 11 is 0. The third-order valence-corrected chi connectivity index (χ3v) is 12.1. The van der Waals surface area contributed by atoms with Crippen molar-refractivity contribution in [2.45, 2.75) is 5.41 Å². The summed E-state index contributed by atoms with van der Waals surface area (Å²) in [6, 6.07) is 70.3. The van der Waals surface area contributed by atoms with Gasteiger partial charge in [-0.25, -0.2) is 15.0 Å². The van der Waals surface area contributed by atoms with Crippen LogP contribution in [0.15, 0.2) is 206 Å². The van der Waals surface area contributed by atoms with Gasteiger partial charge in [0.1, 0.15) is 11.5 Å². The topological polar surface area (TPSA) is 60.8 Å². The zero-order chi connectivity index (χ0) is 39.6. The molecule has 0 saturated heterocycles. The van der Waals surface area contributed by atoms with Crippen molar-refractivity contribution in [2.75, 3.05) is 0 Å². The van der Waals surface area contributed by atoms with Crippen molar-refractivity contribution in [3.8, 4) is 79.0 Å². The number of nitrogens with zero attached hydrogens (tertiary/aromatic N) is 4. The van der Waals surface area contributed by atoms with Gasteiger partial charge in [0.15, 0.2) is 17.5 Å². The van der Waals surface area contributed by atoms with Gasteiger partial charge in [-0.2, -0.15) is 0 Å². The highest BCUT2D eigenvalue weighted by molar-refractivity contribution is 5.95. The predicted molar refractivity (Wildman–Crippen MR) is 240 cm³/mol. The van der Waals surface area contributed by atoms with Gasteiger partial charge >= 0.3 is 0 Å². The first kappa shape index (κ1) is 34.1. The van der Waals surface area contributed by atoms with E-state index in [4.69, 9.17) is 19.7 Å². The van der Waals surface area contributed by atoms with Gasteiger partial charge in [-0.1, -0.05) is 158 Å². The Hall–Kier alpha value is -8.02. The molecule has 0 bridgehead atoms. The molecule has 3 heterocycles. The third-order valence-electron chi connectivity index (χ3n) is 12.1. The summed E-state index contributed by atoms with van der Waals surface area (Å²) in [5.41, 5.74) is 14.6. The molecule has 5 heteroatoms. The molecule has 1 aliphatic carbocycles. The highest BCUT2D eigenvalue weighted by Crippen LogP contribution is 2.62. The fourth-order valence-electron chi connectivity index (χ4n) is 9.36. The number of rotatable bonds is 5. The minimum Gasteiger partial charge on any atom is -0.457 e. The molecule has 2 aliphatic rings. The van der Waals surface area contributed by atoms with Crippen LogP contribution in [0.5, 0.6) is 11.5 Å². The summed E-state index contributed by atoms with van der Waals surface area (Å²) in [5, 5.41) is 1.14. The smallest absolute Gasteiger partial charge is 0.164 e.